The lowest BCUT2D eigenvalue weighted by Gasteiger charge is -2.58. The largest absolute Gasteiger partial charge is 0.478 e. The number of hydrogen-bond acceptors (Lipinski definition) is 2. The third kappa shape index (κ3) is 2.61. The number of fused-ring (bicyclic) bond motifs is 5. The molecule has 0 aromatic rings. The third-order valence-electron chi connectivity index (χ3n) is 8.98. The Hall–Kier alpha value is -1.09. The minimum absolute atomic E-state index is 0.139. The number of aliphatic carboxylic acids is 1. The van der Waals surface area contributed by atoms with Crippen LogP contribution in [-0.4, -0.2) is 22.3 Å². The van der Waals surface area contributed by atoms with Gasteiger partial charge >= 0.3 is 5.97 Å². The monoisotopic (exact) mass is 358 g/mol. The summed E-state index contributed by atoms with van der Waals surface area (Å²) in [7, 11) is 0. The second-order valence-electron chi connectivity index (χ2n) is 10.1. The van der Waals surface area contributed by atoms with E-state index in [1.807, 2.05) is 6.92 Å². The molecule has 3 nitrogen and oxygen atoms in total. The number of rotatable bonds is 2. The summed E-state index contributed by atoms with van der Waals surface area (Å²) in [5.74, 6) is 1.82. The summed E-state index contributed by atoms with van der Waals surface area (Å²) in [5.41, 5.74) is 3.14. The van der Waals surface area contributed by atoms with Crippen LogP contribution in [0.3, 0.4) is 0 Å². The first-order valence-electron chi connectivity index (χ1n) is 10.5. The Labute approximate surface area is 157 Å². The Balaban J connectivity index is 1.63. The van der Waals surface area contributed by atoms with E-state index in [-0.39, 0.29) is 16.9 Å². The summed E-state index contributed by atoms with van der Waals surface area (Å²) >= 11 is 0. The summed E-state index contributed by atoms with van der Waals surface area (Å²) in [5, 5.41) is 19.3. The van der Waals surface area contributed by atoms with Crippen molar-refractivity contribution < 1.29 is 15.0 Å². The number of carboxylic acids is 1. The van der Waals surface area contributed by atoms with Gasteiger partial charge in [0.1, 0.15) is 0 Å². The van der Waals surface area contributed by atoms with E-state index in [4.69, 9.17) is 0 Å². The van der Waals surface area contributed by atoms with Gasteiger partial charge in [0.15, 0.2) is 0 Å². The summed E-state index contributed by atoms with van der Waals surface area (Å²) in [6.07, 6.45) is 12.8. The van der Waals surface area contributed by atoms with Gasteiger partial charge in [0, 0.05) is 6.08 Å². The maximum absolute atomic E-state index is 11.2. The van der Waals surface area contributed by atoms with Gasteiger partial charge in [0.05, 0.1) is 6.10 Å². The van der Waals surface area contributed by atoms with Gasteiger partial charge in [-0.05, 0) is 92.8 Å². The second-order valence-corrected chi connectivity index (χ2v) is 10.1. The summed E-state index contributed by atoms with van der Waals surface area (Å²) in [6, 6.07) is 0. The quantitative estimate of drug-likeness (QED) is 0.542. The number of hydrogen-bond donors (Lipinski definition) is 2. The zero-order valence-electron chi connectivity index (χ0n) is 16.5. The molecule has 0 radical (unpaired) electrons. The molecule has 0 aromatic carbocycles. The fourth-order valence-electron chi connectivity index (χ4n) is 7.69. The van der Waals surface area contributed by atoms with Crippen molar-refractivity contribution in [2.24, 2.45) is 34.5 Å². The highest BCUT2D eigenvalue weighted by molar-refractivity contribution is 5.80. The molecule has 3 saturated carbocycles. The van der Waals surface area contributed by atoms with Crippen LogP contribution in [0.2, 0.25) is 0 Å². The SMILES string of the molecule is C/C(=C\C(=O)O)[C@H]1CC[C@H]2[C@@H]3CC=C4C[C@@H](O)CC[C@]4(C)[C@H]3CC[C@]12C. The van der Waals surface area contributed by atoms with Crippen LogP contribution in [0.4, 0.5) is 0 Å². The van der Waals surface area contributed by atoms with Crippen LogP contribution in [0.1, 0.15) is 72.1 Å². The van der Waals surface area contributed by atoms with Crippen LogP contribution < -0.4 is 0 Å². The van der Waals surface area contributed by atoms with Crippen LogP contribution >= 0.6 is 0 Å². The molecular formula is C23H34O3. The van der Waals surface area contributed by atoms with Gasteiger partial charge < -0.3 is 10.2 Å². The molecule has 2 N–H and O–H groups in total. The molecule has 0 aliphatic heterocycles. The number of aliphatic hydroxyl groups is 1. The van der Waals surface area contributed by atoms with E-state index in [1.54, 1.807) is 0 Å². The van der Waals surface area contributed by atoms with E-state index in [0.717, 1.165) is 49.5 Å². The maximum Gasteiger partial charge on any atom is 0.328 e. The van der Waals surface area contributed by atoms with Crippen molar-refractivity contribution in [1.82, 2.24) is 0 Å². The fourth-order valence-corrected chi connectivity index (χ4v) is 7.69. The molecule has 4 aliphatic carbocycles. The first-order chi connectivity index (χ1) is 12.3. The highest BCUT2D eigenvalue weighted by Gasteiger charge is 2.58. The van der Waals surface area contributed by atoms with Crippen LogP contribution in [0.25, 0.3) is 0 Å². The van der Waals surface area contributed by atoms with E-state index < -0.39 is 5.97 Å². The Morgan fingerprint density at radius 1 is 1.15 bits per heavy atom. The van der Waals surface area contributed by atoms with Crippen molar-refractivity contribution in [3.63, 3.8) is 0 Å². The molecular weight excluding hydrogens is 324 g/mol. The molecule has 0 spiro atoms. The summed E-state index contributed by atoms with van der Waals surface area (Å²) in [4.78, 5) is 11.2. The first-order valence-corrected chi connectivity index (χ1v) is 10.5. The number of carbonyl (C=O) groups is 1. The maximum atomic E-state index is 11.2. The van der Waals surface area contributed by atoms with Crippen molar-refractivity contribution in [3.8, 4) is 0 Å². The van der Waals surface area contributed by atoms with Gasteiger partial charge in [-0.25, -0.2) is 4.79 Å². The van der Waals surface area contributed by atoms with E-state index in [1.165, 1.54) is 30.9 Å². The number of allylic oxidation sites excluding steroid dienone is 2. The highest BCUT2D eigenvalue weighted by Crippen LogP contribution is 2.67. The van der Waals surface area contributed by atoms with Gasteiger partial charge in [-0.15, -0.1) is 0 Å². The summed E-state index contributed by atoms with van der Waals surface area (Å²) < 4.78 is 0. The molecule has 3 heteroatoms. The summed E-state index contributed by atoms with van der Waals surface area (Å²) in [6.45, 7) is 6.93. The standard InChI is InChI=1S/C23H34O3/c1-14(12-21(25)26)18-6-7-19-17-5-4-15-13-16(24)8-10-22(15,2)20(17)9-11-23(18,19)3/h4,12,16-20,24H,5-11,13H2,1-3H3,(H,25,26)/b14-12+/t16-,17-,18+,19-,20-,22-,23+/m0/s1. The van der Waals surface area contributed by atoms with Gasteiger partial charge in [-0.2, -0.15) is 0 Å². The van der Waals surface area contributed by atoms with Crippen LogP contribution in [0, 0.1) is 34.5 Å². The van der Waals surface area contributed by atoms with Gasteiger partial charge in [0.25, 0.3) is 0 Å². The highest BCUT2D eigenvalue weighted by atomic mass is 16.4. The number of carboxylic acid groups (broad SMARTS) is 1. The average molecular weight is 359 g/mol. The minimum atomic E-state index is -0.804. The molecule has 3 fully saturated rings. The fraction of sp³-hybridized carbons (Fsp3) is 0.783. The van der Waals surface area contributed by atoms with Crippen molar-refractivity contribution in [2.45, 2.75) is 78.2 Å². The predicted molar refractivity (Wildman–Crippen MR) is 103 cm³/mol. The normalized spacial score (nSPS) is 48.2. The molecule has 0 bridgehead atoms. The Morgan fingerprint density at radius 3 is 2.65 bits per heavy atom. The minimum Gasteiger partial charge on any atom is -0.478 e. The average Bonchev–Trinajstić information content (AvgIpc) is 2.92. The lowest BCUT2D eigenvalue weighted by atomic mass is 9.47. The second kappa shape index (κ2) is 6.22. The topological polar surface area (TPSA) is 57.5 Å². The van der Waals surface area contributed by atoms with Crippen molar-refractivity contribution >= 4 is 5.97 Å². The molecule has 4 aliphatic rings. The predicted octanol–water partition coefficient (Wildman–Crippen LogP) is 4.96. The smallest absolute Gasteiger partial charge is 0.328 e. The molecule has 144 valence electrons. The Bertz CT molecular complexity index is 662. The Kier molecular flexibility index (Phi) is 4.38. The van der Waals surface area contributed by atoms with Crippen molar-refractivity contribution in [3.05, 3.63) is 23.3 Å². The zero-order valence-corrected chi connectivity index (χ0v) is 16.5. The van der Waals surface area contributed by atoms with Gasteiger partial charge in [0.2, 0.25) is 0 Å². The molecule has 7 atom stereocenters. The van der Waals surface area contributed by atoms with Crippen molar-refractivity contribution in [1.29, 1.82) is 0 Å². The lowest BCUT2D eigenvalue weighted by Crippen LogP contribution is -2.50. The first kappa shape index (κ1) is 18.3. The molecule has 0 amide bonds. The van der Waals surface area contributed by atoms with Crippen LogP contribution in [0.5, 0.6) is 0 Å². The Morgan fingerprint density at radius 2 is 1.92 bits per heavy atom. The van der Waals surface area contributed by atoms with E-state index in [0.29, 0.717) is 11.8 Å². The molecule has 0 unspecified atom stereocenters. The molecule has 0 saturated heterocycles. The van der Waals surface area contributed by atoms with E-state index in [9.17, 15) is 15.0 Å². The molecule has 4 rings (SSSR count). The zero-order chi connectivity index (χ0) is 18.7. The van der Waals surface area contributed by atoms with E-state index >= 15 is 0 Å². The van der Waals surface area contributed by atoms with Gasteiger partial charge in [-0.1, -0.05) is 31.1 Å². The van der Waals surface area contributed by atoms with Crippen molar-refractivity contribution in [2.75, 3.05) is 0 Å². The van der Waals surface area contributed by atoms with Crippen LogP contribution in [-0.2, 0) is 4.79 Å². The lowest BCUT2D eigenvalue weighted by molar-refractivity contribution is -0.131. The third-order valence-corrected chi connectivity index (χ3v) is 8.98. The van der Waals surface area contributed by atoms with Crippen LogP contribution in [0.15, 0.2) is 23.3 Å². The van der Waals surface area contributed by atoms with E-state index in [2.05, 4.69) is 19.9 Å². The molecule has 0 aromatic heterocycles. The molecule has 0 heterocycles. The molecule has 26 heavy (non-hydrogen) atoms. The number of aliphatic hydroxyl groups excluding tert-OH is 1. The van der Waals surface area contributed by atoms with Gasteiger partial charge in [-0.3, -0.25) is 0 Å².